The van der Waals surface area contributed by atoms with Crippen molar-refractivity contribution in [2.45, 2.75) is 20.4 Å². The minimum Gasteiger partial charge on any atom is -0.431 e. The third-order valence-electron chi connectivity index (χ3n) is 3.05. The van der Waals surface area contributed by atoms with E-state index in [0.717, 1.165) is 11.1 Å². The van der Waals surface area contributed by atoms with Gasteiger partial charge in [0.15, 0.2) is 0 Å². The number of hydrogen-bond acceptors (Lipinski definition) is 5. The lowest BCUT2D eigenvalue weighted by atomic mass is 10.2. The molecule has 0 saturated carbocycles. The molecular formula is C15H17N3O3. The highest BCUT2D eigenvalue weighted by molar-refractivity contribution is 5.53. The Morgan fingerprint density at radius 2 is 2.10 bits per heavy atom. The van der Waals surface area contributed by atoms with E-state index in [1.54, 1.807) is 25.3 Å². The summed E-state index contributed by atoms with van der Waals surface area (Å²) in [6.45, 7) is 4.34. The summed E-state index contributed by atoms with van der Waals surface area (Å²) in [6.07, 6.45) is 1.70. The first-order valence-electron chi connectivity index (χ1n) is 6.55. The maximum absolute atomic E-state index is 11.1. The van der Waals surface area contributed by atoms with Crippen LogP contribution in [0.3, 0.4) is 0 Å². The van der Waals surface area contributed by atoms with Crippen molar-refractivity contribution >= 4 is 5.69 Å². The van der Waals surface area contributed by atoms with Crippen molar-refractivity contribution in [3.63, 3.8) is 0 Å². The summed E-state index contributed by atoms with van der Waals surface area (Å²) < 4.78 is 5.69. The van der Waals surface area contributed by atoms with Crippen LogP contribution in [-0.2, 0) is 6.54 Å². The molecule has 1 aromatic heterocycles. The van der Waals surface area contributed by atoms with Crippen LogP contribution in [0, 0.1) is 24.0 Å². The number of pyridine rings is 1. The van der Waals surface area contributed by atoms with Gasteiger partial charge in [0.05, 0.1) is 4.92 Å². The Bertz CT molecular complexity index is 671. The Kier molecular flexibility index (Phi) is 4.49. The topological polar surface area (TPSA) is 77.3 Å². The Labute approximate surface area is 122 Å². The highest BCUT2D eigenvalue weighted by Gasteiger charge is 2.19. The van der Waals surface area contributed by atoms with Crippen LogP contribution in [0.15, 0.2) is 30.5 Å². The molecule has 2 rings (SSSR count). The highest BCUT2D eigenvalue weighted by atomic mass is 16.6. The van der Waals surface area contributed by atoms with Crippen molar-refractivity contribution in [3.05, 3.63) is 57.3 Å². The van der Waals surface area contributed by atoms with Crippen LogP contribution in [-0.4, -0.2) is 17.0 Å². The molecule has 110 valence electrons. The molecule has 0 spiro atoms. The first-order chi connectivity index (χ1) is 10.0. The van der Waals surface area contributed by atoms with E-state index in [4.69, 9.17) is 4.74 Å². The Morgan fingerprint density at radius 3 is 2.71 bits per heavy atom. The molecule has 0 fully saturated rings. The predicted octanol–water partition coefficient (Wildman–Crippen LogP) is 3.12. The number of rotatable bonds is 5. The van der Waals surface area contributed by atoms with Crippen LogP contribution in [0.5, 0.6) is 11.6 Å². The lowest BCUT2D eigenvalue weighted by Gasteiger charge is -2.11. The number of benzene rings is 1. The average molecular weight is 287 g/mol. The van der Waals surface area contributed by atoms with Crippen LogP contribution in [0.1, 0.15) is 16.7 Å². The normalized spacial score (nSPS) is 10.4. The number of nitrogens with one attached hydrogen (secondary N) is 1. The van der Waals surface area contributed by atoms with E-state index in [2.05, 4.69) is 10.3 Å². The van der Waals surface area contributed by atoms with E-state index >= 15 is 0 Å². The van der Waals surface area contributed by atoms with Gasteiger partial charge in [0.25, 0.3) is 0 Å². The molecule has 0 radical (unpaired) electrons. The molecule has 6 nitrogen and oxygen atoms in total. The summed E-state index contributed by atoms with van der Waals surface area (Å²) >= 11 is 0. The summed E-state index contributed by atoms with van der Waals surface area (Å²) in [4.78, 5) is 14.9. The molecule has 0 saturated heterocycles. The largest absolute Gasteiger partial charge is 0.431 e. The van der Waals surface area contributed by atoms with Crippen molar-refractivity contribution in [3.8, 4) is 11.6 Å². The summed E-state index contributed by atoms with van der Waals surface area (Å²) in [5.74, 6) is 0.617. The van der Waals surface area contributed by atoms with Crippen molar-refractivity contribution in [2.24, 2.45) is 0 Å². The van der Waals surface area contributed by atoms with E-state index in [1.165, 1.54) is 6.07 Å². The fourth-order valence-corrected chi connectivity index (χ4v) is 2.04. The van der Waals surface area contributed by atoms with Gasteiger partial charge in [-0.25, -0.2) is 4.98 Å². The van der Waals surface area contributed by atoms with Gasteiger partial charge in [-0.05, 0) is 38.1 Å². The maximum atomic E-state index is 11.1. The first kappa shape index (κ1) is 14.9. The second-order valence-corrected chi connectivity index (χ2v) is 4.78. The number of para-hydroxylation sites is 1. The van der Waals surface area contributed by atoms with Gasteiger partial charge in [0.2, 0.25) is 11.6 Å². The van der Waals surface area contributed by atoms with Crippen LogP contribution in [0.25, 0.3) is 0 Å². The number of aryl methyl sites for hydroxylation is 2. The summed E-state index contributed by atoms with van der Waals surface area (Å²) in [6, 6.07) is 6.78. The van der Waals surface area contributed by atoms with E-state index < -0.39 is 4.92 Å². The lowest BCUT2D eigenvalue weighted by molar-refractivity contribution is -0.385. The number of nitrogens with zero attached hydrogens (tertiary/aromatic N) is 2. The zero-order valence-corrected chi connectivity index (χ0v) is 12.2. The molecule has 0 atom stereocenters. The molecule has 0 aliphatic carbocycles. The predicted molar refractivity (Wildman–Crippen MR) is 79.6 cm³/mol. The highest BCUT2D eigenvalue weighted by Crippen LogP contribution is 2.34. The maximum Gasteiger partial charge on any atom is 0.311 e. The SMILES string of the molecule is CNCc1cnc(Oc2c(C)cccc2[N+](=O)[O-])c(C)c1. The van der Waals surface area contributed by atoms with Crippen molar-refractivity contribution in [1.82, 2.24) is 10.3 Å². The smallest absolute Gasteiger partial charge is 0.311 e. The monoisotopic (exact) mass is 287 g/mol. The molecule has 2 aromatic rings. The van der Waals surface area contributed by atoms with E-state index in [9.17, 15) is 10.1 Å². The van der Waals surface area contributed by atoms with Gasteiger partial charge in [0, 0.05) is 24.4 Å². The number of nitro groups is 1. The molecule has 0 aliphatic rings. The zero-order valence-electron chi connectivity index (χ0n) is 12.2. The summed E-state index contributed by atoms with van der Waals surface area (Å²) in [5.41, 5.74) is 2.50. The van der Waals surface area contributed by atoms with Crippen LogP contribution in [0.2, 0.25) is 0 Å². The van der Waals surface area contributed by atoms with E-state index in [1.807, 2.05) is 20.0 Å². The lowest BCUT2D eigenvalue weighted by Crippen LogP contribution is -2.06. The Hall–Kier alpha value is -2.47. The Morgan fingerprint density at radius 1 is 1.33 bits per heavy atom. The van der Waals surface area contributed by atoms with Crippen LogP contribution >= 0.6 is 0 Å². The minimum atomic E-state index is -0.451. The number of hydrogen-bond donors (Lipinski definition) is 1. The van der Waals surface area contributed by atoms with E-state index in [0.29, 0.717) is 18.0 Å². The molecular weight excluding hydrogens is 270 g/mol. The molecule has 0 aliphatic heterocycles. The Balaban J connectivity index is 2.37. The van der Waals surface area contributed by atoms with Crippen LogP contribution < -0.4 is 10.1 Å². The van der Waals surface area contributed by atoms with Gasteiger partial charge in [-0.1, -0.05) is 12.1 Å². The van der Waals surface area contributed by atoms with Crippen molar-refractivity contribution in [2.75, 3.05) is 7.05 Å². The number of aromatic nitrogens is 1. The van der Waals surface area contributed by atoms with Gasteiger partial charge in [0.1, 0.15) is 0 Å². The van der Waals surface area contributed by atoms with Gasteiger partial charge in [-0.15, -0.1) is 0 Å². The fraction of sp³-hybridized carbons (Fsp3) is 0.267. The molecule has 21 heavy (non-hydrogen) atoms. The number of ether oxygens (including phenoxy) is 1. The number of nitro benzene ring substituents is 1. The molecule has 0 unspecified atom stereocenters. The average Bonchev–Trinajstić information content (AvgIpc) is 2.43. The third kappa shape index (κ3) is 3.35. The molecule has 6 heteroatoms. The summed E-state index contributed by atoms with van der Waals surface area (Å²) in [5, 5.41) is 14.1. The van der Waals surface area contributed by atoms with Crippen LogP contribution in [0.4, 0.5) is 5.69 Å². The van der Waals surface area contributed by atoms with Gasteiger partial charge >= 0.3 is 5.69 Å². The third-order valence-corrected chi connectivity index (χ3v) is 3.05. The molecule has 1 N–H and O–H groups in total. The van der Waals surface area contributed by atoms with Gasteiger partial charge in [-0.2, -0.15) is 0 Å². The van der Waals surface area contributed by atoms with Gasteiger partial charge < -0.3 is 10.1 Å². The minimum absolute atomic E-state index is 0.0597. The quantitative estimate of drug-likeness (QED) is 0.675. The second kappa shape index (κ2) is 6.32. The standard InChI is InChI=1S/C15H17N3O3/c1-10-5-4-6-13(18(19)20)14(10)21-15-11(2)7-12(8-16-3)9-17-15/h4-7,9,16H,8H2,1-3H3. The second-order valence-electron chi connectivity index (χ2n) is 4.78. The van der Waals surface area contributed by atoms with E-state index in [-0.39, 0.29) is 11.4 Å². The molecule has 1 aromatic carbocycles. The molecule has 0 bridgehead atoms. The summed E-state index contributed by atoms with van der Waals surface area (Å²) in [7, 11) is 1.86. The molecule has 0 amide bonds. The van der Waals surface area contributed by atoms with Gasteiger partial charge in [-0.3, -0.25) is 10.1 Å². The zero-order chi connectivity index (χ0) is 15.4. The van der Waals surface area contributed by atoms with Crippen molar-refractivity contribution < 1.29 is 9.66 Å². The molecule has 1 heterocycles. The van der Waals surface area contributed by atoms with Crippen molar-refractivity contribution in [1.29, 1.82) is 0 Å². The fourth-order valence-electron chi connectivity index (χ4n) is 2.04. The first-order valence-corrected chi connectivity index (χ1v) is 6.55.